The van der Waals surface area contributed by atoms with Gasteiger partial charge in [-0.15, -0.1) is 0 Å². The summed E-state index contributed by atoms with van der Waals surface area (Å²) in [5.41, 5.74) is 0.116. The van der Waals surface area contributed by atoms with Crippen LogP contribution in [-0.4, -0.2) is 18.8 Å². The van der Waals surface area contributed by atoms with Crippen molar-refractivity contribution in [2.45, 2.75) is 6.10 Å². The molecule has 0 aliphatic rings. The van der Waals surface area contributed by atoms with E-state index in [9.17, 15) is 13.9 Å². The van der Waals surface area contributed by atoms with E-state index in [0.29, 0.717) is 11.3 Å². The van der Waals surface area contributed by atoms with Crippen LogP contribution in [0.1, 0.15) is 17.2 Å². The number of hydrogen-bond acceptors (Lipinski definition) is 4. The molecule has 0 aliphatic heterocycles. The molecule has 2 rings (SSSR count). The average molecular weight is 304 g/mol. The highest BCUT2D eigenvalue weighted by Gasteiger charge is 2.14. The molecule has 2 aromatic carbocycles. The minimum Gasteiger partial charge on any atom is -0.497 e. The summed E-state index contributed by atoms with van der Waals surface area (Å²) >= 11 is 0. The second-order valence-corrected chi connectivity index (χ2v) is 4.60. The first kappa shape index (κ1) is 15.7. The third kappa shape index (κ3) is 3.51. The Morgan fingerprint density at radius 2 is 1.82 bits per heavy atom. The topological polar surface area (TPSA) is 65.3 Å². The van der Waals surface area contributed by atoms with Gasteiger partial charge in [0, 0.05) is 6.54 Å². The minimum atomic E-state index is -0.944. The maximum absolute atomic E-state index is 13.7. The molecule has 2 aromatic rings. The lowest BCUT2D eigenvalue weighted by molar-refractivity contribution is 0.191. The zero-order valence-electron chi connectivity index (χ0n) is 11.8. The number of benzene rings is 2. The molecule has 0 fully saturated rings. The van der Waals surface area contributed by atoms with Gasteiger partial charge in [-0.25, -0.2) is 8.78 Å². The highest BCUT2D eigenvalue weighted by Crippen LogP contribution is 2.23. The second kappa shape index (κ2) is 6.87. The first-order valence-corrected chi connectivity index (χ1v) is 6.50. The van der Waals surface area contributed by atoms with Gasteiger partial charge in [-0.3, -0.25) is 0 Å². The number of hydrogen-bond donors (Lipinski definition) is 2. The summed E-state index contributed by atoms with van der Waals surface area (Å²) in [6.45, 7) is -0.0773. The van der Waals surface area contributed by atoms with Crippen LogP contribution in [0.3, 0.4) is 0 Å². The summed E-state index contributed by atoms with van der Waals surface area (Å²) < 4.78 is 32.4. The zero-order valence-corrected chi connectivity index (χ0v) is 11.8. The second-order valence-electron chi connectivity index (χ2n) is 4.60. The van der Waals surface area contributed by atoms with Gasteiger partial charge in [-0.2, -0.15) is 5.26 Å². The fraction of sp³-hybridized carbons (Fsp3) is 0.188. The molecule has 0 bridgehead atoms. The largest absolute Gasteiger partial charge is 0.497 e. The van der Waals surface area contributed by atoms with Crippen LogP contribution >= 0.6 is 0 Å². The van der Waals surface area contributed by atoms with E-state index < -0.39 is 17.7 Å². The predicted molar refractivity (Wildman–Crippen MR) is 77.5 cm³/mol. The summed E-state index contributed by atoms with van der Waals surface area (Å²) in [7, 11) is 1.53. The molecule has 0 radical (unpaired) electrons. The van der Waals surface area contributed by atoms with E-state index in [1.807, 2.05) is 0 Å². The van der Waals surface area contributed by atoms with Crippen molar-refractivity contribution < 1.29 is 18.6 Å². The number of nitriles is 1. The van der Waals surface area contributed by atoms with Crippen molar-refractivity contribution in [3.63, 3.8) is 0 Å². The summed E-state index contributed by atoms with van der Waals surface area (Å²) in [6, 6.07) is 10.2. The number of halogens is 2. The van der Waals surface area contributed by atoms with Crippen LogP contribution in [0.15, 0.2) is 36.4 Å². The quantitative estimate of drug-likeness (QED) is 0.891. The Balaban J connectivity index is 2.07. The Labute approximate surface area is 126 Å². The molecule has 4 nitrogen and oxygen atoms in total. The molecular formula is C16H14F2N2O2. The van der Waals surface area contributed by atoms with E-state index >= 15 is 0 Å². The van der Waals surface area contributed by atoms with Gasteiger partial charge in [0.05, 0.1) is 24.8 Å². The standard InChI is InChI=1S/C16H14F2N2O2/c1-22-12-4-2-11(3-5-12)15(21)9-20-16-13(17)6-10(8-19)7-14(16)18/h2-7,15,20-21H,9H2,1H3/t15-/m0/s1. The van der Waals surface area contributed by atoms with Crippen molar-refractivity contribution in [3.05, 3.63) is 59.2 Å². The molecule has 6 heteroatoms. The van der Waals surface area contributed by atoms with Gasteiger partial charge < -0.3 is 15.2 Å². The highest BCUT2D eigenvalue weighted by atomic mass is 19.1. The zero-order chi connectivity index (χ0) is 16.1. The lowest BCUT2D eigenvalue weighted by Crippen LogP contribution is -2.14. The van der Waals surface area contributed by atoms with Gasteiger partial charge in [-0.1, -0.05) is 12.1 Å². The molecule has 2 N–H and O–H groups in total. The number of aliphatic hydroxyl groups is 1. The number of ether oxygens (including phenoxy) is 1. The van der Waals surface area contributed by atoms with Crippen LogP contribution in [-0.2, 0) is 0 Å². The van der Waals surface area contributed by atoms with Gasteiger partial charge in [0.2, 0.25) is 0 Å². The van der Waals surface area contributed by atoms with Gasteiger partial charge >= 0.3 is 0 Å². The molecule has 0 unspecified atom stereocenters. The van der Waals surface area contributed by atoms with Crippen LogP contribution in [0.2, 0.25) is 0 Å². The molecule has 0 spiro atoms. The maximum atomic E-state index is 13.7. The number of nitrogens with one attached hydrogen (secondary N) is 1. The van der Waals surface area contributed by atoms with E-state index in [2.05, 4.69) is 5.32 Å². The van der Waals surface area contributed by atoms with Crippen LogP contribution < -0.4 is 10.1 Å². The van der Waals surface area contributed by atoms with Gasteiger partial charge in [-0.05, 0) is 29.8 Å². The molecule has 114 valence electrons. The van der Waals surface area contributed by atoms with Crippen molar-refractivity contribution in [2.24, 2.45) is 0 Å². The third-order valence-electron chi connectivity index (χ3n) is 3.14. The molecule has 0 aromatic heterocycles. The average Bonchev–Trinajstić information content (AvgIpc) is 2.53. The molecule has 0 heterocycles. The van der Waals surface area contributed by atoms with Crippen LogP contribution in [0.4, 0.5) is 14.5 Å². The predicted octanol–water partition coefficient (Wildman–Crippen LogP) is 2.99. The van der Waals surface area contributed by atoms with Crippen molar-refractivity contribution >= 4 is 5.69 Å². The first-order chi connectivity index (χ1) is 10.5. The number of aliphatic hydroxyl groups excluding tert-OH is 1. The number of anilines is 1. The molecule has 0 amide bonds. The fourth-order valence-electron chi connectivity index (χ4n) is 1.95. The van der Waals surface area contributed by atoms with Crippen LogP contribution in [0.25, 0.3) is 0 Å². The van der Waals surface area contributed by atoms with Crippen LogP contribution in [0.5, 0.6) is 5.75 Å². The Morgan fingerprint density at radius 1 is 1.23 bits per heavy atom. The van der Waals surface area contributed by atoms with E-state index in [1.165, 1.54) is 7.11 Å². The summed E-state index contributed by atoms with van der Waals surface area (Å²) in [6.07, 6.45) is -0.944. The van der Waals surface area contributed by atoms with Crippen LogP contribution in [0, 0.1) is 23.0 Å². The molecule has 22 heavy (non-hydrogen) atoms. The van der Waals surface area contributed by atoms with E-state index in [4.69, 9.17) is 10.00 Å². The Bertz CT molecular complexity index is 673. The SMILES string of the molecule is COc1ccc([C@@H](O)CNc2c(F)cc(C#N)cc2F)cc1. The maximum Gasteiger partial charge on any atom is 0.150 e. The Morgan fingerprint density at radius 3 is 2.32 bits per heavy atom. The van der Waals surface area contributed by atoms with Gasteiger partial charge in [0.25, 0.3) is 0 Å². The Hall–Kier alpha value is -2.65. The van der Waals surface area contributed by atoms with Crippen molar-refractivity contribution in [1.82, 2.24) is 0 Å². The summed E-state index contributed by atoms with van der Waals surface area (Å²) in [5, 5.41) is 21.2. The molecule has 1 atom stereocenters. The normalized spacial score (nSPS) is 11.6. The lowest BCUT2D eigenvalue weighted by atomic mass is 10.1. The minimum absolute atomic E-state index is 0.0773. The number of methoxy groups -OCH3 is 1. The summed E-state index contributed by atoms with van der Waals surface area (Å²) in [4.78, 5) is 0. The van der Waals surface area contributed by atoms with Gasteiger partial charge in [0.15, 0.2) is 11.6 Å². The van der Waals surface area contributed by atoms with Gasteiger partial charge in [0.1, 0.15) is 11.4 Å². The third-order valence-corrected chi connectivity index (χ3v) is 3.14. The lowest BCUT2D eigenvalue weighted by Gasteiger charge is -2.14. The highest BCUT2D eigenvalue weighted by molar-refractivity contribution is 5.50. The molecule has 0 aliphatic carbocycles. The Kier molecular flexibility index (Phi) is 4.92. The number of rotatable bonds is 5. The first-order valence-electron chi connectivity index (χ1n) is 6.50. The molecular weight excluding hydrogens is 290 g/mol. The number of nitrogens with zero attached hydrogens (tertiary/aromatic N) is 1. The monoisotopic (exact) mass is 304 g/mol. The van der Waals surface area contributed by atoms with Crippen molar-refractivity contribution in [3.8, 4) is 11.8 Å². The van der Waals surface area contributed by atoms with Crippen molar-refractivity contribution in [2.75, 3.05) is 19.0 Å². The van der Waals surface area contributed by atoms with E-state index in [1.54, 1.807) is 30.3 Å². The van der Waals surface area contributed by atoms with E-state index in [-0.39, 0.29) is 17.8 Å². The van der Waals surface area contributed by atoms with E-state index in [0.717, 1.165) is 12.1 Å². The summed E-state index contributed by atoms with van der Waals surface area (Å²) in [5.74, 6) is -1.11. The molecule has 0 saturated heterocycles. The smallest absolute Gasteiger partial charge is 0.150 e. The molecule has 0 saturated carbocycles. The van der Waals surface area contributed by atoms with Crippen molar-refractivity contribution in [1.29, 1.82) is 5.26 Å². The fourth-order valence-corrected chi connectivity index (χ4v) is 1.95.